The van der Waals surface area contributed by atoms with Crippen molar-refractivity contribution in [3.8, 4) is 0 Å². The third kappa shape index (κ3) is 2.71. The highest BCUT2D eigenvalue weighted by atomic mass is 16.3. The molecule has 15 heavy (non-hydrogen) atoms. The maximum Gasteiger partial charge on any atom is 0.0897 e. The lowest BCUT2D eigenvalue weighted by Crippen LogP contribution is -2.40. The minimum Gasteiger partial charge on any atom is -0.394 e. The Bertz CT molecular complexity index is 192. The molecule has 2 unspecified atom stereocenters. The molecule has 0 amide bonds. The average molecular weight is 213 g/mol. The van der Waals surface area contributed by atoms with E-state index < -0.39 is 6.10 Å². The maximum atomic E-state index is 9.49. The number of hydrogen-bond acceptors (Lipinski definition) is 3. The van der Waals surface area contributed by atoms with Gasteiger partial charge in [0.2, 0.25) is 0 Å². The van der Waals surface area contributed by atoms with E-state index in [0.717, 1.165) is 12.5 Å². The van der Waals surface area contributed by atoms with Gasteiger partial charge in [-0.15, -0.1) is 0 Å². The van der Waals surface area contributed by atoms with Gasteiger partial charge in [0.1, 0.15) is 0 Å². The van der Waals surface area contributed by atoms with Crippen LogP contribution in [0.5, 0.6) is 0 Å². The van der Waals surface area contributed by atoms with Gasteiger partial charge in [-0.2, -0.15) is 0 Å². The van der Waals surface area contributed by atoms with Crippen LogP contribution in [-0.4, -0.2) is 47.0 Å². The lowest BCUT2D eigenvalue weighted by atomic mass is 9.96. The Labute approximate surface area is 92.1 Å². The van der Waals surface area contributed by atoms with Gasteiger partial charge in [0.15, 0.2) is 0 Å². The standard InChI is InChI=1S/C12H23NO2/c14-9-11(15)8-13-7-3-6-12(13)10-4-1-2-5-10/h10-12,14-15H,1-9H2. The Morgan fingerprint density at radius 1 is 1.13 bits per heavy atom. The van der Waals surface area contributed by atoms with E-state index >= 15 is 0 Å². The van der Waals surface area contributed by atoms with E-state index in [1.807, 2.05) is 0 Å². The van der Waals surface area contributed by atoms with Crippen molar-refractivity contribution in [3.05, 3.63) is 0 Å². The Kier molecular flexibility index (Phi) is 4.00. The smallest absolute Gasteiger partial charge is 0.0897 e. The van der Waals surface area contributed by atoms with Gasteiger partial charge in [0, 0.05) is 12.6 Å². The highest BCUT2D eigenvalue weighted by Gasteiger charge is 2.33. The molecule has 0 aromatic rings. The lowest BCUT2D eigenvalue weighted by molar-refractivity contribution is 0.0469. The summed E-state index contributed by atoms with van der Waals surface area (Å²) in [7, 11) is 0. The Balaban J connectivity index is 1.86. The second-order valence-corrected chi connectivity index (χ2v) is 5.09. The zero-order valence-corrected chi connectivity index (χ0v) is 9.44. The van der Waals surface area contributed by atoms with Crippen molar-refractivity contribution in [2.75, 3.05) is 19.7 Å². The van der Waals surface area contributed by atoms with Crippen LogP contribution in [0.25, 0.3) is 0 Å². The van der Waals surface area contributed by atoms with E-state index in [1.165, 1.54) is 38.5 Å². The number of β-amino-alcohol motifs (C(OH)–C–C–N with tert-alkyl or cyclic N) is 1. The molecule has 3 nitrogen and oxygen atoms in total. The maximum absolute atomic E-state index is 9.49. The molecule has 88 valence electrons. The van der Waals surface area contributed by atoms with Crippen LogP contribution in [0.2, 0.25) is 0 Å². The molecule has 0 bridgehead atoms. The highest BCUT2D eigenvalue weighted by molar-refractivity contribution is 4.88. The summed E-state index contributed by atoms with van der Waals surface area (Å²) < 4.78 is 0. The average Bonchev–Trinajstić information content (AvgIpc) is 2.86. The van der Waals surface area contributed by atoms with E-state index in [9.17, 15) is 5.11 Å². The molecule has 0 radical (unpaired) electrons. The fourth-order valence-corrected chi connectivity index (χ4v) is 3.28. The van der Waals surface area contributed by atoms with E-state index in [4.69, 9.17) is 5.11 Å². The van der Waals surface area contributed by atoms with Crippen LogP contribution in [0.15, 0.2) is 0 Å². The molecule has 1 saturated carbocycles. The molecule has 1 aliphatic heterocycles. The van der Waals surface area contributed by atoms with Crippen molar-refractivity contribution in [2.24, 2.45) is 5.92 Å². The van der Waals surface area contributed by atoms with Crippen molar-refractivity contribution < 1.29 is 10.2 Å². The summed E-state index contributed by atoms with van der Waals surface area (Å²) in [6.07, 6.45) is 7.52. The summed E-state index contributed by atoms with van der Waals surface area (Å²) in [6.45, 7) is 1.67. The topological polar surface area (TPSA) is 43.7 Å². The Hall–Kier alpha value is -0.120. The molecule has 3 heteroatoms. The van der Waals surface area contributed by atoms with Crippen LogP contribution in [0.1, 0.15) is 38.5 Å². The first-order valence-corrected chi connectivity index (χ1v) is 6.34. The van der Waals surface area contributed by atoms with Gasteiger partial charge in [-0.05, 0) is 38.1 Å². The lowest BCUT2D eigenvalue weighted by Gasteiger charge is -2.30. The minimum atomic E-state index is -0.549. The predicted octanol–water partition coefficient (Wildman–Crippen LogP) is 0.994. The number of aliphatic hydroxyl groups excluding tert-OH is 2. The van der Waals surface area contributed by atoms with E-state index in [2.05, 4.69) is 4.90 Å². The molecule has 2 atom stereocenters. The first-order chi connectivity index (χ1) is 7.31. The molecule has 1 saturated heterocycles. The third-order valence-electron chi connectivity index (χ3n) is 4.01. The Morgan fingerprint density at radius 2 is 1.87 bits per heavy atom. The monoisotopic (exact) mass is 213 g/mol. The van der Waals surface area contributed by atoms with Crippen LogP contribution in [0.4, 0.5) is 0 Å². The van der Waals surface area contributed by atoms with Gasteiger partial charge in [-0.1, -0.05) is 12.8 Å². The summed E-state index contributed by atoms with van der Waals surface area (Å²) in [5.41, 5.74) is 0. The van der Waals surface area contributed by atoms with Gasteiger partial charge in [-0.25, -0.2) is 0 Å². The van der Waals surface area contributed by atoms with E-state index in [1.54, 1.807) is 0 Å². The van der Waals surface area contributed by atoms with Crippen molar-refractivity contribution in [1.29, 1.82) is 0 Å². The fraction of sp³-hybridized carbons (Fsp3) is 1.00. The molecular weight excluding hydrogens is 190 g/mol. The fourth-order valence-electron chi connectivity index (χ4n) is 3.28. The molecule has 2 N–H and O–H groups in total. The molecule has 1 heterocycles. The number of hydrogen-bond donors (Lipinski definition) is 2. The summed E-state index contributed by atoms with van der Waals surface area (Å²) >= 11 is 0. The highest BCUT2D eigenvalue weighted by Crippen LogP contribution is 2.35. The second kappa shape index (κ2) is 5.28. The van der Waals surface area contributed by atoms with Gasteiger partial charge in [0.25, 0.3) is 0 Å². The van der Waals surface area contributed by atoms with Crippen LogP contribution in [-0.2, 0) is 0 Å². The number of rotatable bonds is 4. The largest absolute Gasteiger partial charge is 0.394 e. The summed E-state index contributed by atoms with van der Waals surface area (Å²) in [5.74, 6) is 0.860. The summed E-state index contributed by atoms with van der Waals surface area (Å²) in [4.78, 5) is 2.40. The zero-order chi connectivity index (χ0) is 10.7. The van der Waals surface area contributed by atoms with Gasteiger partial charge >= 0.3 is 0 Å². The van der Waals surface area contributed by atoms with Crippen molar-refractivity contribution in [1.82, 2.24) is 4.90 Å². The second-order valence-electron chi connectivity index (χ2n) is 5.09. The van der Waals surface area contributed by atoms with E-state index in [-0.39, 0.29) is 6.61 Å². The minimum absolute atomic E-state index is 0.103. The van der Waals surface area contributed by atoms with Gasteiger partial charge in [-0.3, -0.25) is 4.90 Å². The molecule has 2 aliphatic rings. The molecule has 2 fully saturated rings. The normalized spacial score (nSPS) is 31.2. The molecule has 0 aromatic carbocycles. The van der Waals surface area contributed by atoms with Crippen molar-refractivity contribution in [2.45, 2.75) is 50.7 Å². The molecule has 0 aromatic heterocycles. The first-order valence-electron chi connectivity index (χ1n) is 6.34. The zero-order valence-electron chi connectivity index (χ0n) is 9.44. The summed E-state index contributed by atoms with van der Waals surface area (Å²) in [6, 6.07) is 0.689. The number of likely N-dealkylation sites (tertiary alicyclic amines) is 1. The van der Waals surface area contributed by atoms with Gasteiger partial charge < -0.3 is 10.2 Å². The van der Waals surface area contributed by atoms with Crippen LogP contribution in [0.3, 0.4) is 0 Å². The van der Waals surface area contributed by atoms with Crippen molar-refractivity contribution >= 4 is 0 Å². The third-order valence-corrected chi connectivity index (χ3v) is 4.01. The van der Waals surface area contributed by atoms with Crippen molar-refractivity contribution in [3.63, 3.8) is 0 Å². The van der Waals surface area contributed by atoms with Gasteiger partial charge in [0.05, 0.1) is 12.7 Å². The molecular formula is C12H23NO2. The number of nitrogens with zero attached hydrogens (tertiary/aromatic N) is 1. The van der Waals surface area contributed by atoms with Crippen LogP contribution in [0, 0.1) is 5.92 Å². The molecule has 0 spiro atoms. The van der Waals surface area contributed by atoms with Crippen LogP contribution >= 0.6 is 0 Å². The summed E-state index contributed by atoms with van der Waals surface area (Å²) in [5, 5.41) is 18.4. The number of aliphatic hydroxyl groups is 2. The molecule has 1 aliphatic carbocycles. The predicted molar refractivity (Wildman–Crippen MR) is 59.6 cm³/mol. The Morgan fingerprint density at radius 3 is 2.53 bits per heavy atom. The molecule has 2 rings (SSSR count). The SMILES string of the molecule is OCC(O)CN1CCCC1C1CCCC1. The van der Waals surface area contributed by atoms with E-state index in [0.29, 0.717) is 12.6 Å². The van der Waals surface area contributed by atoms with Crippen LogP contribution < -0.4 is 0 Å². The first kappa shape index (κ1) is 11.4. The quantitative estimate of drug-likeness (QED) is 0.732.